The van der Waals surface area contributed by atoms with Gasteiger partial charge in [0.25, 0.3) is 0 Å². The molecule has 2 rings (SSSR count). The van der Waals surface area contributed by atoms with Gasteiger partial charge in [0.15, 0.2) is 0 Å². The number of ether oxygens (including phenoxy) is 2. The molecule has 0 spiro atoms. The number of halogens is 1. The van der Waals surface area contributed by atoms with Crippen LogP contribution >= 0.6 is 0 Å². The number of methoxy groups -OCH3 is 1. The number of carbonyl (C=O) groups excluding carboxylic acids is 1. The Morgan fingerprint density at radius 2 is 1.78 bits per heavy atom. The maximum Gasteiger partial charge on any atom is 0.223 e. The van der Waals surface area contributed by atoms with Gasteiger partial charge in [-0.15, -0.1) is 0 Å². The zero-order chi connectivity index (χ0) is 16.5. The van der Waals surface area contributed by atoms with E-state index in [9.17, 15) is 9.18 Å². The molecular formula is C18H20FNO3. The lowest BCUT2D eigenvalue weighted by Gasteiger charge is -2.10. The molecule has 0 unspecified atom stereocenters. The maximum absolute atomic E-state index is 12.8. The van der Waals surface area contributed by atoms with Gasteiger partial charge in [-0.05, 0) is 35.4 Å². The third kappa shape index (κ3) is 5.71. The fourth-order valence-electron chi connectivity index (χ4n) is 2.10. The maximum atomic E-state index is 12.8. The van der Waals surface area contributed by atoms with Crippen LogP contribution in [0.3, 0.4) is 0 Å². The smallest absolute Gasteiger partial charge is 0.223 e. The molecule has 4 nitrogen and oxygen atoms in total. The number of hydrogen-bond acceptors (Lipinski definition) is 3. The standard InChI is InChI=1S/C18H20FNO3/c1-22-13-15-5-3-2-4-14(15)12-20-18(21)10-11-23-17-8-6-16(19)7-9-17/h2-9H,10-13H2,1H3,(H,20,21). The highest BCUT2D eigenvalue weighted by Crippen LogP contribution is 2.11. The third-order valence-electron chi connectivity index (χ3n) is 3.31. The van der Waals surface area contributed by atoms with Crippen molar-refractivity contribution in [2.45, 2.75) is 19.6 Å². The Hall–Kier alpha value is -2.40. The summed E-state index contributed by atoms with van der Waals surface area (Å²) in [7, 11) is 1.64. The molecule has 0 saturated carbocycles. The van der Waals surface area contributed by atoms with Crippen molar-refractivity contribution in [3.8, 4) is 5.75 Å². The number of benzene rings is 2. The molecule has 0 aliphatic heterocycles. The summed E-state index contributed by atoms with van der Waals surface area (Å²) in [4.78, 5) is 11.8. The Balaban J connectivity index is 1.74. The zero-order valence-electron chi connectivity index (χ0n) is 13.0. The molecule has 0 radical (unpaired) electrons. The predicted octanol–water partition coefficient (Wildman–Crippen LogP) is 3.06. The summed E-state index contributed by atoms with van der Waals surface area (Å²) in [5, 5.41) is 2.86. The van der Waals surface area contributed by atoms with Crippen LogP contribution < -0.4 is 10.1 Å². The molecule has 0 atom stereocenters. The Kier molecular flexibility index (Phi) is 6.56. The van der Waals surface area contributed by atoms with Crippen LogP contribution in [-0.4, -0.2) is 19.6 Å². The number of carbonyl (C=O) groups is 1. The molecule has 0 aliphatic carbocycles. The van der Waals surface area contributed by atoms with E-state index in [1.54, 1.807) is 7.11 Å². The molecule has 5 heteroatoms. The second kappa shape index (κ2) is 8.90. The molecule has 0 bridgehead atoms. The van der Waals surface area contributed by atoms with Crippen molar-refractivity contribution in [3.05, 3.63) is 65.5 Å². The van der Waals surface area contributed by atoms with Crippen LogP contribution in [0, 0.1) is 5.82 Å². The van der Waals surface area contributed by atoms with Crippen molar-refractivity contribution in [2.75, 3.05) is 13.7 Å². The molecule has 0 heterocycles. The van der Waals surface area contributed by atoms with Crippen molar-refractivity contribution in [2.24, 2.45) is 0 Å². The van der Waals surface area contributed by atoms with E-state index < -0.39 is 0 Å². The summed E-state index contributed by atoms with van der Waals surface area (Å²) in [5.74, 6) is 0.133. The molecule has 2 aromatic rings. The van der Waals surface area contributed by atoms with Gasteiger partial charge in [0.05, 0.1) is 19.6 Å². The van der Waals surface area contributed by atoms with E-state index >= 15 is 0 Å². The van der Waals surface area contributed by atoms with Crippen molar-refractivity contribution >= 4 is 5.91 Å². The van der Waals surface area contributed by atoms with Crippen LogP contribution in [-0.2, 0) is 22.7 Å². The Morgan fingerprint density at radius 1 is 1.09 bits per heavy atom. The Morgan fingerprint density at radius 3 is 2.48 bits per heavy atom. The van der Waals surface area contributed by atoms with E-state index in [-0.39, 0.29) is 24.8 Å². The topological polar surface area (TPSA) is 47.6 Å². The van der Waals surface area contributed by atoms with Gasteiger partial charge in [-0.2, -0.15) is 0 Å². The van der Waals surface area contributed by atoms with E-state index in [0.717, 1.165) is 11.1 Å². The second-order valence-corrected chi connectivity index (χ2v) is 5.03. The molecule has 0 aliphatic rings. The normalized spacial score (nSPS) is 10.3. The highest BCUT2D eigenvalue weighted by molar-refractivity contribution is 5.76. The van der Waals surface area contributed by atoms with Crippen LogP contribution in [0.4, 0.5) is 4.39 Å². The molecule has 0 fully saturated rings. The monoisotopic (exact) mass is 317 g/mol. The first kappa shape index (κ1) is 17.0. The van der Waals surface area contributed by atoms with Gasteiger partial charge in [-0.25, -0.2) is 4.39 Å². The van der Waals surface area contributed by atoms with Crippen LogP contribution in [0.25, 0.3) is 0 Å². The average Bonchev–Trinajstić information content (AvgIpc) is 2.56. The van der Waals surface area contributed by atoms with Gasteiger partial charge < -0.3 is 14.8 Å². The van der Waals surface area contributed by atoms with Crippen molar-refractivity contribution in [3.63, 3.8) is 0 Å². The van der Waals surface area contributed by atoms with Gasteiger partial charge in [0, 0.05) is 13.7 Å². The van der Waals surface area contributed by atoms with Gasteiger partial charge in [0.2, 0.25) is 5.91 Å². The van der Waals surface area contributed by atoms with Crippen LogP contribution in [0.2, 0.25) is 0 Å². The first-order chi connectivity index (χ1) is 11.2. The minimum absolute atomic E-state index is 0.0978. The van der Waals surface area contributed by atoms with Crippen molar-refractivity contribution in [1.29, 1.82) is 0 Å². The van der Waals surface area contributed by atoms with Crippen molar-refractivity contribution in [1.82, 2.24) is 5.32 Å². The lowest BCUT2D eigenvalue weighted by Crippen LogP contribution is -2.25. The van der Waals surface area contributed by atoms with Crippen LogP contribution in [0.1, 0.15) is 17.5 Å². The quantitative estimate of drug-likeness (QED) is 0.814. The van der Waals surface area contributed by atoms with E-state index in [1.807, 2.05) is 24.3 Å². The molecular weight excluding hydrogens is 297 g/mol. The Bertz CT molecular complexity index is 628. The van der Waals surface area contributed by atoms with Crippen LogP contribution in [0.15, 0.2) is 48.5 Å². The average molecular weight is 317 g/mol. The lowest BCUT2D eigenvalue weighted by atomic mass is 10.1. The highest BCUT2D eigenvalue weighted by atomic mass is 19.1. The summed E-state index contributed by atoms with van der Waals surface area (Å²) >= 11 is 0. The predicted molar refractivity (Wildman–Crippen MR) is 85.5 cm³/mol. The molecule has 2 aromatic carbocycles. The summed E-state index contributed by atoms with van der Waals surface area (Å²) in [6, 6.07) is 13.5. The molecule has 1 amide bonds. The van der Waals surface area contributed by atoms with Gasteiger partial charge in [-0.3, -0.25) is 4.79 Å². The fourth-order valence-corrected chi connectivity index (χ4v) is 2.10. The van der Waals surface area contributed by atoms with Gasteiger partial charge in [-0.1, -0.05) is 24.3 Å². The van der Waals surface area contributed by atoms with Crippen LogP contribution in [0.5, 0.6) is 5.75 Å². The first-order valence-electron chi connectivity index (χ1n) is 7.40. The van der Waals surface area contributed by atoms with E-state index in [1.165, 1.54) is 24.3 Å². The SMILES string of the molecule is COCc1ccccc1CNC(=O)CCOc1ccc(F)cc1. The second-order valence-electron chi connectivity index (χ2n) is 5.03. The zero-order valence-corrected chi connectivity index (χ0v) is 13.0. The summed E-state index contributed by atoms with van der Waals surface area (Å²) in [6.45, 7) is 1.21. The largest absolute Gasteiger partial charge is 0.493 e. The minimum Gasteiger partial charge on any atom is -0.493 e. The number of amides is 1. The first-order valence-corrected chi connectivity index (χ1v) is 7.40. The molecule has 0 saturated heterocycles. The lowest BCUT2D eigenvalue weighted by molar-refractivity contribution is -0.121. The Labute approximate surface area is 135 Å². The van der Waals surface area contributed by atoms with E-state index in [0.29, 0.717) is 18.9 Å². The summed E-state index contributed by atoms with van der Waals surface area (Å²) < 4.78 is 23.3. The number of nitrogens with one attached hydrogen (secondary N) is 1. The van der Waals surface area contributed by atoms with Crippen molar-refractivity contribution < 1.29 is 18.7 Å². The van der Waals surface area contributed by atoms with E-state index in [4.69, 9.17) is 9.47 Å². The number of rotatable bonds is 8. The minimum atomic E-state index is -0.315. The fraction of sp³-hybridized carbons (Fsp3) is 0.278. The summed E-state index contributed by atoms with van der Waals surface area (Å²) in [5.41, 5.74) is 2.08. The molecule has 1 N–H and O–H groups in total. The molecule has 23 heavy (non-hydrogen) atoms. The summed E-state index contributed by atoms with van der Waals surface area (Å²) in [6.07, 6.45) is 0.240. The third-order valence-corrected chi connectivity index (χ3v) is 3.31. The molecule has 0 aromatic heterocycles. The number of hydrogen-bond donors (Lipinski definition) is 1. The van der Waals surface area contributed by atoms with E-state index in [2.05, 4.69) is 5.32 Å². The highest BCUT2D eigenvalue weighted by Gasteiger charge is 2.05. The van der Waals surface area contributed by atoms with Gasteiger partial charge in [0.1, 0.15) is 11.6 Å². The molecule has 122 valence electrons. The van der Waals surface area contributed by atoms with Gasteiger partial charge >= 0.3 is 0 Å².